The number of methoxy groups -OCH3 is 1. The zero-order valence-electron chi connectivity index (χ0n) is 19.1. The Morgan fingerprint density at radius 3 is 2.82 bits per heavy atom. The minimum Gasteiger partial charge on any atom is -0.493 e. The predicted molar refractivity (Wildman–Crippen MR) is 129 cm³/mol. The first-order valence-corrected chi connectivity index (χ1v) is 11.4. The number of nitrogens with one attached hydrogen (secondary N) is 2. The average Bonchev–Trinajstić information content (AvgIpc) is 2.80. The van der Waals surface area contributed by atoms with Gasteiger partial charge in [-0.2, -0.15) is 0 Å². The summed E-state index contributed by atoms with van der Waals surface area (Å²) in [4.78, 5) is 11.0. The normalized spacial score (nSPS) is 18.9. The fourth-order valence-electron chi connectivity index (χ4n) is 4.05. The lowest BCUT2D eigenvalue weighted by atomic mass is 9.99. The molecule has 4 rings (SSSR count). The van der Waals surface area contributed by atoms with Crippen LogP contribution in [0.5, 0.6) is 11.5 Å². The van der Waals surface area contributed by atoms with Crippen molar-refractivity contribution >= 4 is 34.0 Å². The first kappa shape index (κ1) is 23.5. The molecule has 1 aromatic heterocycles. The molecule has 0 amide bonds. The third kappa shape index (κ3) is 5.63. The molecule has 3 aromatic rings. The summed E-state index contributed by atoms with van der Waals surface area (Å²) in [6.07, 6.45) is 3.70. The number of hydrogen-bond acceptors (Lipinski definition) is 7. The number of anilines is 2. The van der Waals surface area contributed by atoms with Gasteiger partial charge in [-0.05, 0) is 57.6 Å². The first-order chi connectivity index (χ1) is 15.9. The van der Waals surface area contributed by atoms with Crippen molar-refractivity contribution in [3.05, 3.63) is 47.5 Å². The van der Waals surface area contributed by atoms with Crippen LogP contribution in [0, 0.1) is 5.82 Å². The molecule has 176 valence electrons. The van der Waals surface area contributed by atoms with Crippen LogP contribution in [0.2, 0.25) is 5.02 Å². The lowest BCUT2D eigenvalue weighted by Crippen LogP contribution is -2.46. The zero-order chi connectivity index (χ0) is 23.4. The summed E-state index contributed by atoms with van der Waals surface area (Å²) in [7, 11) is 3.76. The Bertz CT molecular complexity index is 1120. The Morgan fingerprint density at radius 2 is 2.06 bits per heavy atom. The summed E-state index contributed by atoms with van der Waals surface area (Å²) in [5.41, 5.74) is 0.933. The lowest BCUT2D eigenvalue weighted by Gasteiger charge is -2.35. The van der Waals surface area contributed by atoms with E-state index in [2.05, 4.69) is 39.5 Å². The maximum absolute atomic E-state index is 14.3. The molecule has 1 aliphatic rings. The van der Waals surface area contributed by atoms with Crippen molar-refractivity contribution in [2.24, 2.45) is 0 Å². The predicted octanol–water partition coefficient (Wildman–Crippen LogP) is 4.63. The smallest absolute Gasteiger partial charge is 0.163 e. The van der Waals surface area contributed by atoms with Gasteiger partial charge in [-0.15, -0.1) is 0 Å². The summed E-state index contributed by atoms with van der Waals surface area (Å²) >= 11 is 5.85. The standard InChI is InChI=1S/C24H29ClFN5O2/c1-15-10-17(6-8-31(15)2)27-7-9-33-23-13-21-18(12-22(23)32-3)24(29-14-28-21)30-20-5-4-16(25)11-19(20)26/h4-5,11-15,17,27H,6-10H2,1-3H3,(H,28,29,30). The Labute approximate surface area is 198 Å². The fraction of sp³-hybridized carbons (Fsp3) is 0.417. The number of fused-ring (bicyclic) bond motifs is 1. The molecule has 2 unspecified atom stereocenters. The van der Waals surface area contributed by atoms with Crippen molar-refractivity contribution in [1.82, 2.24) is 20.2 Å². The number of ether oxygens (including phenoxy) is 2. The molecule has 1 saturated heterocycles. The van der Waals surface area contributed by atoms with Crippen molar-refractivity contribution in [2.75, 3.05) is 39.2 Å². The van der Waals surface area contributed by atoms with Crippen molar-refractivity contribution in [1.29, 1.82) is 0 Å². The van der Waals surface area contributed by atoms with Gasteiger partial charge in [0.1, 0.15) is 24.6 Å². The van der Waals surface area contributed by atoms with E-state index < -0.39 is 5.82 Å². The molecule has 2 heterocycles. The summed E-state index contributed by atoms with van der Waals surface area (Å²) in [6, 6.07) is 9.14. The second-order valence-corrected chi connectivity index (χ2v) is 8.78. The van der Waals surface area contributed by atoms with Crippen molar-refractivity contribution in [3.63, 3.8) is 0 Å². The van der Waals surface area contributed by atoms with E-state index in [4.69, 9.17) is 21.1 Å². The minimum absolute atomic E-state index is 0.271. The highest BCUT2D eigenvalue weighted by molar-refractivity contribution is 6.30. The van der Waals surface area contributed by atoms with Gasteiger partial charge in [0, 0.05) is 35.1 Å². The fourth-order valence-corrected chi connectivity index (χ4v) is 4.21. The van der Waals surface area contributed by atoms with E-state index in [1.807, 2.05) is 6.07 Å². The summed E-state index contributed by atoms with van der Waals surface area (Å²) < 4.78 is 25.8. The van der Waals surface area contributed by atoms with Gasteiger partial charge in [-0.25, -0.2) is 14.4 Å². The van der Waals surface area contributed by atoms with Gasteiger partial charge in [0.25, 0.3) is 0 Å². The molecule has 1 fully saturated rings. The third-order valence-electron chi connectivity index (χ3n) is 6.11. The van der Waals surface area contributed by atoms with Crippen LogP contribution in [0.4, 0.5) is 15.9 Å². The molecule has 0 aliphatic carbocycles. The number of aromatic nitrogens is 2. The molecule has 0 bridgehead atoms. The Kier molecular flexibility index (Phi) is 7.47. The number of nitrogens with zero attached hydrogens (tertiary/aromatic N) is 3. The van der Waals surface area contributed by atoms with Crippen LogP contribution in [0.15, 0.2) is 36.7 Å². The number of likely N-dealkylation sites (tertiary alicyclic amines) is 1. The lowest BCUT2D eigenvalue weighted by molar-refractivity contribution is 0.165. The topological polar surface area (TPSA) is 71.5 Å². The Hall–Kier alpha value is -2.68. The van der Waals surface area contributed by atoms with E-state index in [-0.39, 0.29) is 5.69 Å². The third-order valence-corrected chi connectivity index (χ3v) is 6.34. The van der Waals surface area contributed by atoms with Gasteiger partial charge < -0.3 is 25.0 Å². The van der Waals surface area contributed by atoms with Crippen LogP contribution >= 0.6 is 11.6 Å². The molecule has 9 heteroatoms. The molecule has 2 N–H and O–H groups in total. The van der Waals surface area contributed by atoms with E-state index in [0.29, 0.717) is 51.9 Å². The molecule has 0 spiro atoms. The molecule has 0 radical (unpaired) electrons. The summed E-state index contributed by atoms with van der Waals surface area (Å²) in [5, 5.41) is 7.62. The van der Waals surface area contributed by atoms with Gasteiger partial charge in [0.05, 0.1) is 18.3 Å². The van der Waals surface area contributed by atoms with E-state index >= 15 is 0 Å². The summed E-state index contributed by atoms with van der Waals surface area (Å²) in [5.74, 6) is 1.16. The minimum atomic E-state index is -0.465. The van der Waals surface area contributed by atoms with Gasteiger partial charge in [0.15, 0.2) is 11.5 Å². The molecule has 0 saturated carbocycles. The number of halogens is 2. The number of piperidine rings is 1. The zero-order valence-corrected chi connectivity index (χ0v) is 19.8. The molecular formula is C24H29ClFN5O2. The van der Waals surface area contributed by atoms with Crippen LogP contribution in [-0.2, 0) is 0 Å². The SMILES string of the molecule is COc1cc2c(Nc3ccc(Cl)cc3F)ncnc2cc1OCCNC1CCN(C)C(C)C1. The van der Waals surface area contributed by atoms with Crippen molar-refractivity contribution in [2.45, 2.75) is 31.8 Å². The quantitative estimate of drug-likeness (QED) is 0.462. The Morgan fingerprint density at radius 1 is 1.21 bits per heavy atom. The van der Waals surface area contributed by atoms with Crippen LogP contribution in [0.1, 0.15) is 19.8 Å². The Balaban J connectivity index is 1.45. The highest BCUT2D eigenvalue weighted by Gasteiger charge is 2.22. The van der Waals surface area contributed by atoms with E-state index in [1.54, 1.807) is 25.3 Å². The van der Waals surface area contributed by atoms with Gasteiger partial charge in [-0.3, -0.25) is 0 Å². The van der Waals surface area contributed by atoms with Crippen molar-refractivity contribution < 1.29 is 13.9 Å². The maximum atomic E-state index is 14.3. The van der Waals surface area contributed by atoms with Gasteiger partial charge >= 0.3 is 0 Å². The van der Waals surface area contributed by atoms with Crippen molar-refractivity contribution in [3.8, 4) is 11.5 Å². The second kappa shape index (κ2) is 10.5. The molecule has 7 nitrogen and oxygen atoms in total. The largest absolute Gasteiger partial charge is 0.493 e. The highest BCUT2D eigenvalue weighted by atomic mass is 35.5. The van der Waals surface area contributed by atoms with Crippen LogP contribution in [0.25, 0.3) is 10.9 Å². The number of benzene rings is 2. The van der Waals surface area contributed by atoms with Crippen LogP contribution < -0.4 is 20.1 Å². The molecular weight excluding hydrogens is 445 g/mol. The number of hydrogen-bond donors (Lipinski definition) is 2. The van der Waals surface area contributed by atoms with Gasteiger partial charge in [-0.1, -0.05) is 11.6 Å². The van der Waals surface area contributed by atoms with E-state index in [0.717, 1.165) is 25.9 Å². The van der Waals surface area contributed by atoms with Gasteiger partial charge in [0.2, 0.25) is 0 Å². The first-order valence-electron chi connectivity index (χ1n) is 11.1. The van der Waals surface area contributed by atoms with Crippen LogP contribution in [-0.4, -0.2) is 60.8 Å². The highest BCUT2D eigenvalue weighted by Crippen LogP contribution is 2.35. The summed E-state index contributed by atoms with van der Waals surface area (Å²) in [6.45, 7) is 4.62. The molecule has 33 heavy (non-hydrogen) atoms. The monoisotopic (exact) mass is 473 g/mol. The molecule has 2 aromatic carbocycles. The average molecular weight is 474 g/mol. The second-order valence-electron chi connectivity index (χ2n) is 8.35. The van der Waals surface area contributed by atoms with E-state index in [9.17, 15) is 4.39 Å². The molecule has 2 atom stereocenters. The molecule has 1 aliphatic heterocycles. The van der Waals surface area contributed by atoms with Crippen LogP contribution in [0.3, 0.4) is 0 Å². The number of rotatable bonds is 8. The van der Waals surface area contributed by atoms with E-state index in [1.165, 1.54) is 12.4 Å². The maximum Gasteiger partial charge on any atom is 0.163 e.